The summed E-state index contributed by atoms with van der Waals surface area (Å²) >= 11 is 2.99. The number of rotatable bonds is 5. The molecule has 1 aromatic rings. The van der Waals surface area contributed by atoms with Gasteiger partial charge in [0.2, 0.25) is 11.8 Å². The Kier molecular flexibility index (Phi) is 5.55. The fraction of sp³-hybridized carbons (Fsp3) is 0.273. The molecular weight excluding hydrogens is 359 g/mol. The van der Waals surface area contributed by atoms with Gasteiger partial charge >= 0.3 is 6.36 Å². The van der Waals surface area contributed by atoms with Crippen LogP contribution in [0.5, 0.6) is 5.75 Å². The molecule has 0 saturated carbocycles. The van der Waals surface area contributed by atoms with Crippen LogP contribution in [0.4, 0.5) is 18.9 Å². The van der Waals surface area contributed by atoms with Crippen LogP contribution in [0.2, 0.25) is 0 Å². The van der Waals surface area contributed by atoms with Crippen molar-refractivity contribution in [1.82, 2.24) is 0 Å². The molecule has 1 unspecified atom stereocenters. The number of hydrogen-bond donors (Lipinski definition) is 3. The molecule has 0 aromatic heterocycles. The third-order valence-corrected chi connectivity index (χ3v) is 2.68. The van der Waals surface area contributed by atoms with Gasteiger partial charge in [0, 0.05) is 4.47 Å². The molecule has 0 aliphatic carbocycles. The summed E-state index contributed by atoms with van der Waals surface area (Å²) in [5, 5.41) is 2.15. The van der Waals surface area contributed by atoms with Crippen molar-refractivity contribution in [3.05, 3.63) is 22.7 Å². The van der Waals surface area contributed by atoms with E-state index in [1.165, 1.54) is 12.1 Å². The lowest BCUT2D eigenvalue weighted by Crippen LogP contribution is -2.39. The van der Waals surface area contributed by atoms with E-state index in [0.29, 0.717) is 4.47 Å². The number of nitrogens with one attached hydrogen (secondary N) is 1. The van der Waals surface area contributed by atoms with Crippen LogP contribution in [0, 0.1) is 0 Å². The van der Waals surface area contributed by atoms with Crippen LogP contribution in [-0.2, 0) is 9.59 Å². The minimum atomic E-state index is -4.92. The molecule has 0 radical (unpaired) electrons. The van der Waals surface area contributed by atoms with Crippen molar-refractivity contribution in [2.75, 3.05) is 5.32 Å². The summed E-state index contributed by atoms with van der Waals surface area (Å²) in [4.78, 5) is 22.3. The SMILES string of the molecule is NC(=O)CC(N)C(=O)Nc1ccc(Br)cc1OC(F)(F)F. The number of carbonyl (C=O) groups is 2. The summed E-state index contributed by atoms with van der Waals surface area (Å²) < 4.78 is 41.0. The number of anilines is 1. The lowest BCUT2D eigenvalue weighted by molar-refractivity contribution is -0.274. The summed E-state index contributed by atoms with van der Waals surface area (Å²) in [6, 6.07) is 2.35. The Balaban J connectivity index is 2.92. The fourth-order valence-corrected chi connectivity index (χ4v) is 1.68. The molecule has 1 atom stereocenters. The zero-order chi connectivity index (χ0) is 16.2. The maximum Gasteiger partial charge on any atom is 0.573 e. The predicted octanol–water partition coefficient (Wildman–Crippen LogP) is 1.49. The maximum absolute atomic E-state index is 12.3. The van der Waals surface area contributed by atoms with Crippen molar-refractivity contribution in [2.45, 2.75) is 18.8 Å². The van der Waals surface area contributed by atoms with Crippen LogP contribution < -0.4 is 21.5 Å². The van der Waals surface area contributed by atoms with Crippen LogP contribution in [0.25, 0.3) is 0 Å². The summed E-state index contributed by atoms with van der Waals surface area (Å²) in [7, 11) is 0. The number of amides is 2. The van der Waals surface area contributed by atoms with Gasteiger partial charge in [-0.1, -0.05) is 15.9 Å². The molecule has 1 rings (SSSR count). The molecule has 2 amide bonds. The molecule has 0 bridgehead atoms. The summed E-state index contributed by atoms with van der Waals surface area (Å²) in [6.45, 7) is 0. The highest BCUT2D eigenvalue weighted by atomic mass is 79.9. The number of alkyl halides is 3. The minimum Gasteiger partial charge on any atom is -0.404 e. The van der Waals surface area contributed by atoms with E-state index >= 15 is 0 Å². The van der Waals surface area contributed by atoms with Gasteiger partial charge in [-0.3, -0.25) is 9.59 Å². The minimum absolute atomic E-state index is 0.236. The van der Waals surface area contributed by atoms with Gasteiger partial charge in [0.1, 0.15) is 0 Å². The topological polar surface area (TPSA) is 107 Å². The van der Waals surface area contributed by atoms with Crippen molar-refractivity contribution < 1.29 is 27.5 Å². The quantitative estimate of drug-likeness (QED) is 0.730. The second-order valence-corrected chi connectivity index (χ2v) is 4.87. The largest absolute Gasteiger partial charge is 0.573 e. The molecule has 0 aliphatic rings. The van der Waals surface area contributed by atoms with Gasteiger partial charge in [-0.15, -0.1) is 13.2 Å². The van der Waals surface area contributed by atoms with Crippen LogP contribution in [0.1, 0.15) is 6.42 Å². The number of benzene rings is 1. The standard InChI is InChI=1S/C11H11BrF3N3O3/c12-5-1-2-7(8(3-5)21-11(13,14)15)18-10(20)6(16)4-9(17)19/h1-3,6H,4,16H2,(H2,17,19)(H,18,20). The first-order chi connectivity index (χ1) is 9.58. The predicted molar refractivity (Wildman–Crippen MR) is 71.2 cm³/mol. The first-order valence-electron chi connectivity index (χ1n) is 5.48. The van der Waals surface area contributed by atoms with E-state index < -0.39 is 36.4 Å². The number of nitrogens with two attached hydrogens (primary N) is 2. The molecule has 0 saturated heterocycles. The first-order valence-corrected chi connectivity index (χ1v) is 6.28. The highest BCUT2D eigenvalue weighted by molar-refractivity contribution is 9.10. The molecule has 0 spiro atoms. The molecule has 1 aromatic carbocycles. The molecule has 0 aliphatic heterocycles. The second-order valence-electron chi connectivity index (χ2n) is 3.95. The molecular formula is C11H11BrF3N3O3. The van der Waals surface area contributed by atoms with E-state index in [1.54, 1.807) is 0 Å². The van der Waals surface area contributed by atoms with Gasteiger partial charge in [0.15, 0.2) is 5.75 Å². The average molecular weight is 370 g/mol. The van der Waals surface area contributed by atoms with Gasteiger partial charge in [0.25, 0.3) is 0 Å². The summed E-state index contributed by atoms with van der Waals surface area (Å²) in [5.74, 6) is -2.28. The highest BCUT2D eigenvalue weighted by Crippen LogP contribution is 2.33. The molecule has 6 nitrogen and oxygen atoms in total. The van der Waals surface area contributed by atoms with Crippen molar-refractivity contribution in [3.63, 3.8) is 0 Å². The molecule has 5 N–H and O–H groups in total. The van der Waals surface area contributed by atoms with E-state index in [1.807, 2.05) is 0 Å². The molecule has 0 heterocycles. The van der Waals surface area contributed by atoms with Crippen LogP contribution in [0.3, 0.4) is 0 Å². The Bertz CT molecular complexity index is 551. The van der Waals surface area contributed by atoms with Gasteiger partial charge in [0.05, 0.1) is 18.2 Å². The van der Waals surface area contributed by atoms with E-state index in [0.717, 1.165) is 6.07 Å². The van der Waals surface area contributed by atoms with Crippen LogP contribution in [-0.4, -0.2) is 24.2 Å². The lowest BCUT2D eigenvalue weighted by Gasteiger charge is -2.16. The third kappa shape index (κ3) is 6.00. The van der Waals surface area contributed by atoms with Gasteiger partial charge in [-0.05, 0) is 18.2 Å². The van der Waals surface area contributed by atoms with E-state index in [-0.39, 0.29) is 5.69 Å². The Labute approximate surface area is 125 Å². The van der Waals surface area contributed by atoms with Crippen LogP contribution in [0.15, 0.2) is 22.7 Å². The molecule has 21 heavy (non-hydrogen) atoms. The lowest BCUT2D eigenvalue weighted by atomic mass is 10.2. The van der Waals surface area contributed by atoms with Crippen molar-refractivity contribution in [2.24, 2.45) is 11.5 Å². The van der Waals surface area contributed by atoms with Gasteiger partial charge in [-0.25, -0.2) is 0 Å². The number of halogens is 4. The number of hydrogen-bond acceptors (Lipinski definition) is 4. The Morgan fingerprint density at radius 3 is 2.52 bits per heavy atom. The zero-order valence-corrected chi connectivity index (χ0v) is 12.0. The summed E-state index contributed by atoms with van der Waals surface area (Å²) in [5.41, 5.74) is 10.0. The number of primary amides is 1. The van der Waals surface area contributed by atoms with E-state index in [9.17, 15) is 22.8 Å². The van der Waals surface area contributed by atoms with Crippen molar-refractivity contribution >= 4 is 33.4 Å². The Morgan fingerprint density at radius 2 is 2.00 bits per heavy atom. The van der Waals surface area contributed by atoms with Crippen LogP contribution >= 0.6 is 15.9 Å². The monoisotopic (exact) mass is 369 g/mol. The summed E-state index contributed by atoms with van der Waals surface area (Å²) in [6.07, 6.45) is -5.35. The Morgan fingerprint density at radius 1 is 1.38 bits per heavy atom. The molecule has 116 valence electrons. The maximum atomic E-state index is 12.3. The Hall–Kier alpha value is -1.81. The zero-order valence-electron chi connectivity index (χ0n) is 10.4. The van der Waals surface area contributed by atoms with Crippen molar-refractivity contribution in [3.8, 4) is 5.75 Å². The number of carbonyl (C=O) groups excluding carboxylic acids is 2. The van der Waals surface area contributed by atoms with E-state index in [4.69, 9.17) is 11.5 Å². The number of ether oxygens (including phenoxy) is 1. The smallest absolute Gasteiger partial charge is 0.404 e. The highest BCUT2D eigenvalue weighted by Gasteiger charge is 2.32. The molecule has 0 fully saturated rings. The second kappa shape index (κ2) is 6.76. The van der Waals surface area contributed by atoms with Gasteiger partial charge in [-0.2, -0.15) is 0 Å². The van der Waals surface area contributed by atoms with E-state index in [2.05, 4.69) is 26.0 Å². The average Bonchev–Trinajstić information content (AvgIpc) is 2.29. The third-order valence-electron chi connectivity index (χ3n) is 2.19. The van der Waals surface area contributed by atoms with Gasteiger partial charge < -0.3 is 21.5 Å². The fourth-order valence-electron chi connectivity index (χ4n) is 1.34. The normalized spacial score (nSPS) is 12.6. The van der Waals surface area contributed by atoms with Crippen molar-refractivity contribution in [1.29, 1.82) is 0 Å². The molecule has 10 heteroatoms. The first kappa shape index (κ1) is 17.2.